The first-order valence-electron chi connectivity index (χ1n) is 4.85. The minimum absolute atomic E-state index is 0.487. The van der Waals surface area contributed by atoms with Gasteiger partial charge in [0, 0.05) is 10.0 Å². The van der Waals surface area contributed by atoms with Crippen LogP contribution < -0.4 is 10.5 Å². The van der Waals surface area contributed by atoms with E-state index >= 15 is 0 Å². The summed E-state index contributed by atoms with van der Waals surface area (Å²) in [6, 6.07) is 4.53. The SMILES string of the molecule is CCOc1ccc(Br)cc1[C@@H](N)C(=O)OC. The smallest absolute Gasteiger partial charge is 0.327 e. The van der Waals surface area contributed by atoms with Crippen LogP contribution in [0.3, 0.4) is 0 Å². The fraction of sp³-hybridized carbons (Fsp3) is 0.364. The monoisotopic (exact) mass is 287 g/mol. The molecule has 1 aromatic carbocycles. The Bertz CT molecular complexity index is 381. The molecular weight excluding hydrogens is 274 g/mol. The number of carbonyl (C=O) groups is 1. The average Bonchev–Trinajstić information content (AvgIpc) is 2.29. The second kappa shape index (κ2) is 5.86. The van der Waals surface area contributed by atoms with Gasteiger partial charge in [0.15, 0.2) is 0 Å². The van der Waals surface area contributed by atoms with E-state index in [1.165, 1.54) is 7.11 Å². The van der Waals surface area contributed by atoms with Crippen molar-refractivity contribution in [3.05, 3.63) is 28.2 Å². The van der Waals surface area contributed by atoms with Crippen molar-refractivity contribution in [2.24, 2.45) is 5.73 Å². The fourth-order valence-corrected chi connectivity index (χ4v) is 1.68. The molecule has 5 heteroatoms. The van der Waals surface area contributed by atoms with Gasteiger partial charge in [0.1, 0.15) is 11.8 Å². The Morgan fingerprint density at radius 3 is 2.81 bits per heavy atom. The molecule has 88 valence electrons. The summed E-state index contributed by atoms with van der Waals surface area (Å²) in [5.41, 5.74) is 6.39. The number of hydrogen-bond acceptors (Lipinski definition) is 4. The van der Waals surface area contributed by atoms with Gasteiger partial charge in [-0.2, -0.15) is 0 Å². The van der Waals surface area contributed by atoms with Crippen molar-refractivity contribution < 1.29 is 14.3 Å². The molecule has 0 spiro atoms. The summed E-state index contributed by atoms with van der Waals surface area (Å²) in [4.78, 5) is 11.4. The van der Waals surface area contributed by atoms with Gasteiger partial charge in [-0.25, -0.2) is 0 Å². The van der Waals surface area contributed by atoms with Gasteiger partial charge >= 0.3 is 5.97 Å². The molecule has 0 aliphatic carbocycles. The van der Waals surface area contributed by atoms with E-state index in [4.69, 9.17) is 10.5 Å². The minimum Gasteiger partial charge on any atom is -0.494 e. The second-order valence-corrected chi connectivity index (χ2v) is 4.03. The van der Waals surface area contributed by atoms with E-state index in [2.05, 4.69) is 20.7 Å². The largest absolute Gasteiger partial charge is 0.494 e. The first-order chi connectivity index (χ1) is 7.60. The number of rotatable bonds is 4. The van der Waals surface area contributed by atoms with Crippen molar-refractivity contribution in [3.8, 4) is 5.75 Å². The Hall–Kier alpha value is -1.07. The van der Waals surface area contributed by atoms with Crippen LogP contribution in [0.15, 0.2) is 22.7 Å². The summed E-state index contributed by atoms with van der Waals surface area (Å²) in [7, 11) is 1.31. The number of nitrogens with two attached hydrogens (primary N) is 1. The first-order valence-corrected chi connectivity index (χ1v) is 5.65. The van der Waals surface area contributed by atoms with Gasteiger partial charge in [-0.05, 0) is 25.1 Å². The Morgan fingerprint density at radius 2 is 2.25 bits per heavy atom. The van der Waals surface area contributed by atoms with E-state index in [9.17, 15) is 4.79 Å². The van der Waals surface area contributed by atoms with Crippen molar-refractivity contribution in [3.63, 3.8) is 0 Å². The third-order valence-corrected chi connectivity index (χ3v) is 2.56. The summed E-state index contributed by atoms with van der Waals surface area (Å²) in [5, 5.41) is 0. The zero-order chi connectivity index (χ0) is 12.1. The third-order valence-electron chi connectivity index (χ3n) is 2.06. The summed E-state index contributed by atoms with van der Waals surface area (Å²) < 4.78 is 10.8. The molecule has 0 unspecified atom stereocenters. The lowest BCUT2D eigenvalue weighted by Gasteiger charge is -2.15. The van der Waals surface area contributed by atoms with Crippen molar-refractivity contribution in [2.75, 3.05) is 13.7 Å². The lowest BCUT2D eigenvalue weighted by molar-refractivity contribution is -0.142. The van der Waals surface area contributed by atoms with Gasteiger partial charge in [-0.3, -0.25) is 4.79 Å². The zero-order valence-electron chi connectivity index (χ0n) is 9.20. The van der Waals surface area contributed by atoms with Gasteiger partial charge in [-0.1, -0.05) is 15.9 Å². The Labute approximate surface area is 103 Å². The molecule has 0 heterocycles. The van der Waals surface area contributed by atoms with E-state index in [0.717, 1.165) is 4.47 Å². The number of methoxy groups -OCH3 is 1. The highest BCUT2D eigenvalue weighted by atomic mass is 79.9. The predicted octanol–water partition coefficient (Wildman–Crippen LogP) is 2.02. The summed E-state index contributed by atoms with van der Waals surface area (Å²) in [6.45, 7) is 2.39. The topological polar surface area (TPSA) is 61.5 Å². The molecule has 1 atom stereocenters. The molecule has 1 rings (SSSR count). The summed E-state index contributed by atoms with van der Waals surface area (Å²) in [5.74, 6) is 0.114. The second-order valence-electron chi connectivity index (χ2n) is 3.12. The van der Waals surface area contributed by atoms with Crippen LogP contribution in [0.2, 0.25) is 0 Å². The summed E-state index contributed by atoms with van der Waals surface area (Å²) >= 11 is 3.32. The molecule has 4 nitrogen and oxygen atoms in total. The molecule has 2 N–H and O–H groups in total. The molecule has 0 saturated carbocycles. The van der Waals surface area contributed by atoms with E-state index in [1.54, 1.807) is 12.1 Å². The highest BCUT2D eigenvalue weighted by molar-refractivity contribution is 9.10. The van der Waals surface area contributed by atoms with Gasteiger partial charge in [0.25, 0.3) is 0 Å². The molecule has 0 aliphatic heterocycles. The maximum absolute atomic E-state index is 11.4. The molecule has 0 aromatic heterocycles. The molecular formula is C11H14BrNO3. The van der Waals surface area contributed by atoms with Crippen LogP contribution in [0.5, 0.6) is 5.75 Å². The Balaban J connectivity index is 3.08. The average molecular weight is 288 g/mol. The summed E-state index contributed by atoms with van der Waals surface area (Å²) in [6.07, 6.45) is 0. The van der Waals surface area contributed by atoms with Crippen LogP contribution in [-0.4, -0.2) is 19.7 Å². The van der Waals surface area contributed by atoms with E-state index in [1.807, 2.05) is 13.0 Å². The Morgan fingerprint density at radius 1 is 1.56 bits per heavy atom. The highest BCUT2D eigenvalue weighted by Crippen LogP contribution is 2.28. The van der Waals surface area contributed by atoms with Crippen molar-refractivity contribution in [1.29, 1.82) is 0 Å². The lowest BCUT2D eigenvalue weighted by Crippen LogP contribution is -2.23. The van der Waals surface area contributed by atoms with Gasteiger partial charge < -0.3 is 15.2 Å². The van der Waals surface area contributed by atoms with Crippen LogP contribution in [0.25, 0.3) is 0 Å². The number of hydrogen-bond donors (Lipinski definition) is 1. The fourth-order valence-electron chi connectivity index (χ4n) is 1.30. The molecule has 16 heavy (non-hydrogen) atoms. The molecule has 0 fully saturated rings. The first kappa shape index (κ1) is 13.0. The zero-order valence-corrected chi connectivity index (χ0v) is 10.8. The van der Waals surface area contributed by atoms with E-state index in [0.29, 0.717) is 17.9 Å². The third kappa shape index (κ3) is 2.96. The maximum atomic E-state index is 11.4. The quantitative estimate of drug-likeness (QED) is 0.861. The normalized spacial score (nSPS) is 12.0. The molecule has 1 aromatic rings. The van der Waals surface area contributed by atoms with Crippen LogP contribution in [0.4, 0.5) is 0 Å². The number of ether oxygens (including phenoxy) is 2. The Kier molecular flexibility index (Phi) is 4.76. The van der Waals surface area contributed by atoms with Crippen LogP contribution >= 0.6 is 15.9 Å². The van der Waals surface area contributed by atoms with Crippen LogP contribution in [0, 0.1) is 0 Å². The molecule has 0 bridgehead atoms. The van der Waals surface area contributed by atoms with E-state index in [-0.39, 0.29) is 0 Å². The maximum Gasteiger partial charge on any atom is 0.327 e. The van der Waals surface area contributed by atoms with Gasteiger partial charge in [0.05, 0.1) is 13.7 Å². The van der Waals surface area contributed by atoms with Crippen molar-refractivity contribution >= 4 is 21.9 Å². The molecule has 0 radical (unpaired) electrons. The number of esters is 1. The minimum atomic E-state index is -0.830. The lowest BCUT2D eigenvalue weighted by atomic mass is 10.1. The molecule has 0 saturated heterocycles. The van der Waals surface area contributed by atoms with E-state index < -0.39 is 12.0 Å². The van der Waals surface area contributed by atoms with Gasteiger partial charge in [-0.15, -0.1) is 0 Å². The van der Waals surface area contributed by atoms with Crippen molar-refractivity contribution in [1.82, 2.24) is 0 Å². The molecule has 0 aliphatic rings. The van der Waals surface area contributed by atoms with Crippen molar-refractivity contribution in [2.45, 2.75) is 13.0 Å². The number of benzene rings is 1. The molecule has 0 amide bonds. The highest BCUT2D eigenvalue weighted by Gasteiger charge is 2.20. The predicted molar refractivity (Wildman–Crippen MR) is 64.3 cm³/mol. The van der Waals surface area contributed by atoms with Crippen LogP contribution in [-0.2, 0) is 9.53 Å². The standard InChI is InChI=1S/C11H14BrNO3/c1-3-16-9-5-4-7(12)6-8(9)10(13)11(14)15-2/h4-6,10H,3,13H2,1-2H3/t10-/m1/s1. The number of halogens is 1. The van der Waals surface area contributed by atoms with Crippen LogP contribution in [0.1, 0.15) is 18.5 Å². The van der Waals surface area contributed by atoms with Gasteiger partial charge in [0.2, 0.25) is 0 Å². The number of carbonyl (C=O) groups excluding carboxylic acids is 1.